The van der Waals surface area contributed by atoms with Gasteiger partial charge in [-0.2, -0.15) is 0 Å². The third kappa shape index (κ3) is 1.94. The molecule has 0 saturated carbocycles. The number of aryl methyl sites for hydroxylation is 1. The number of nitrogens with two attached hydrogens (primary N) is 1. The summed E-state index contributed by atoms with van der Waals surface area (Å²) in [5.41, 5.74) is 9.95. The Labute approximate surface area is 97.8 Å². The molecule has 88 valence electrons. The number of hydrogen-bond acceptors (Lipinski definition) is 2. The van der Waals surface area contributed by atoms with E-state index in [-0.39, 0.29) is 6.04 Å². The van der Waals surface area contributed by atoms with Crippen LogP contribution in [-0.2, 0) is 0 Å². The first-order chi connectivity index (χ1) is 7.61. The average Bonchev–Trinajstić information content (AvgIpc) is 2.46. The van der Waals surface area contributed by atoms with E-state index in [2.05, 4.69) is 32.9 Å². The molecule has 16 heavy (non-hydrogen) atoms. The van der Waals surface area contributed by atoms with Crippen molar-refractivity contribution in [3.63, 3.8) is 0 Å². The first kappa shape index (κ1) is 11.5. The topological polar surface area (TPSA) is 35.2 Å². The molecular formula is C14H21NO. The molecule has 0 fully saturated rings. The zero-order valence-electron chi connectivity index (χ0n) is 10.4. The molecule has 0 radical (unpaired) electrons. The molecule has 1 aliphatic rings. The molecule has 2 nitrogen and oxygen atoms in total. The summed E-state index contributed by atoms with van der Waals surface area (Å²) in [7, 11) is 0. The fraction of sp³-hybridized carbons (Fsp3) is 0.571. The molecule has 0 aliphatic carbocycles. The van der Waals surface area contributed by atoms with Gasteiger partial charge in [0.25, 0.3) is 0 Å². The maximum Gasteiger partial charge on any atom is 0.125 e. The van der Waals surface area contributed by atoms with Crippen LogP contribution in [0.25, 0.3) is 0 Å². The summed E-state index contributed by atoms with van der Waals surface area (Å²) in [5, 5.41) is 0. The highest BCUT2D eigenvalue weighted by molar-refractivity contribution is 5.47. The third-order valence-electron chi connectivity index (χ3n) is 3.65. The van der Waals surface area contributed by atoms with Crippen molar-refractivity contribution in [2.75, 3.05) is 6.61 Å². The predicted octanol–water partition coefficient (Wildman–Crippen LogP) is 2.91. The van der Waals surface area contributed by atoms with Gasteiger partial charge in [0.2, 0.25) is 0 Å². The number of fused-ring (bicyclic) bond motifs is 1. The third-order valence-corrected chi connectivity index (χ3v) is 3.65. The molecule has 2 unspecified atom stereocenters. The fourth-order valence-corrected chi connectivity index (χ4v) is 2.47. The lowest BCUT2D eigenvalue weighted by Gasteiger charge is -2.21. The van der Waals surface area contributed by atoms with Crippen molar-refractivity contribution >= 4 is 0 Å². The summed E-state index contributed by atoms with van der Waals surface area (Å²) >= 11 is 0. The molecule has 2 atom stereocenters. The lowest BCUT2D eigenvalue weighted by molar-refractivity contribution is 0.313. The Morgan fingerprint density at radius 1 is 1.38 bits per heavy atom. The van der Waals surface area contributed by atoms with E-state index in [1.165, 1.54) is 16.7 Å². The molecule has 0 amide bonds. The highest BCUT2D eigenvalue weighted by Crippen LogP contribution is 2.37. The van der Waals surface area contributed by atoms with E-state index in [9.17, 15) is 0 Å². The second-order valence-electron chi connectivity index (χ2n) is 4.88. The summed E-state index contributed by atoms with van der Waals surface area (Å²) in [6, 6.07) is 4.57. The fourth-order valence-electron chi connectivity index (χ4n) is 2.47. The van der Waals surface area contributed by atoms with Crippen LogP contribution < -0.4 is 10.5 Å². The smallest absolute Gasteiger partial charge is 0.125 e. The minimum atomic E-state index is 0.197. The molecule has 0 aromatic heterocycles. The van der Waals surface area contributed by atoms with Crippen LogP contribution in [0.4, 0.5) is 0 Å². The quantitative estimate of drug-likeness (QED) is 0.788. The van der Waals surface area contributed by atoms with Crippen molar-refractivity contribution in [2.24, 2.45) is 5.73 Å². The van der Waals surface area contributed by atoms with Crippen LogP contribution in [0.5, 0.6) is 5.75 Å². The van der Waals surface area contributed by atoms with Gasteiger partial charge >= 0.3 is 0 Å². The lowest BCUT2D eigenvalue weighted by atomic mass is 9.87. The molecule has 2 heteroatoms. The standard InChI is InChI=1S/C14H21NO/c1-9-6-7-13-12(11(3)15)5-4-8-16-14(13)10(9)2/h6-7,11-12H,4-5,8,15H2,1-3H3. The van der Waals surface area contributed by atoms with E-state index in [4.69, 9.17) is 10.5 Å². The van der Waals surface area contributed by atoms with Crippen molar-refractivity contribution in [2.45, 2.75) is 45.6 Å². The summed E-state index contributed by atoms with van der Waals surface area (Å²) in [4.78, 5) is 0. The zero-order chi connectivity index (χ0) is 11.7. The molecule has 2 N–H and O–H groups in total. The first-order valence-electron chi connectivity index (χ1n) is 6.09. The monoisotopic (exact) mass is 219 g/mol. The van der Waals surface area contributed by atoms with E-state index in [1.54, 1.807) is 0 Å². The number of rotatable bonds is 1. The predicted molar refractivity (Wildman–Crippen MR) is 67.0 cm³/mol. The zero-order valence-corrected chi connectivity index (χ0v) is 10.4. The summed E-state index contributed by atoms with van der Waals surface area (Å²) in [5.74, 6) is 1.52. The first-order valence-corrected chi connectivity index (χ1v) is 6.09. The number of benzene rings is 1. The highest BCUT2D eigenvalue weighted by atomic mass is 16.5. The maximum absolute atomic E-state index is 6.08. The Balaban J connectivity index is 2.50. The van der Waals surface area contributed by atoms with E-state index in [0.29, 0.717) is 5.92 Å². The Hall–Kier alpha value is -1.02. The van der Waals surface area contributed by atoms with Gasteiger partial charge in [0.05, 0.1) is 6.61 Å². The van der Waals surface area contributed by atoms with Crippen LogP contribution in [0.2, 0.25) is 0 Å². The molecule has 2 rings (SSSR count). The van der Waals surface area contributed by atoms with Crippen LogP contribution in [0, 0.1) is 13.8 Å². The van der Waals surface area contributed by atoms with Gasteiger partial charge < -0.3 is 10.5 Å². The SMILES string of the molecule is Cc1ccc2c(c1C)OCCCC2C(C)N. The van der Waals surface area contributed by atoms with Crippen molar-refractivity contribution in [3.05, 3.63) is 28.8 Å². The van der Waals surface area contributed by atoms with E-state index < -0.39 is 0 Å². The number of ether oxygens (including phenoxy) is 1. The molecule has 0 saturated heterocycles. The Morgan fingerprint density at radius 2 is 2.12 bits per heavy atom. The van der Waals surface area contributed by atoms with E-state index in [0.717, 1.165) is 25.2 Å². The molecular weight excluding hydrogens is 198 g/mol. The average molecular weight is 219 g/mol. The Kier molecular flexibility index (Phi) is 3.20. The van der Waals surface area contributed by atoms with Gasteiger partial charge in [-0.05, 0) is 50.3 Å². The second kappa shape index (κ2) is 4.46. The molecule has 1 aromatic rings. The van der Waals surface area contributed by atoms with Crippen LogP contribution >= 0.6 is 0 Å². The van der Waals surface area contributed by atoms with Gasteiger partial charge in [0, 0.05) is 12.0 Å². The van der Waals surface area contributed by atoms with Crippen molar-refractivity contribution in [1.29, 1.82) is 0 Å². The van der Waals surface area contributed by atoms with Gasteiger partial charge in [0.1, 0.15) is 5.75 Å². The number of hydrogen-bond donors (Lipinski definition) is 1. The maximum atomic E-state index is 6.08. The van der Waals surface area contributed by atoms with E-state index in [1.807, 2.05) is 0 Å². The van der Waals surface area contributed by atoms with Crippen molar-refractivity contribution in [1.82, 2.24) is 0 Å². The van der Waals surface area contributed by atoms with Gasteiger partial charge in [-0.25, -0.2) is 0 Å². The molecule has 0 bridgehead atoms. The van der Waals surface area contributed by atoms with Crippen LogP contribution in [0.15, 0.2) is 12.1 Å². The van der Waals surface area contributed by atoms with Crippen LogP contribution in [-0.4, -0.2) is 12.6 Å². The Bertz CT molecular complexity index is 385. The van der Waals surface area contributed by atoms with Gasteiger partial charge in [0.15, 0.2) is 0 Å². The van der Waals surface area contributed by atoms with Crippen molar-refractivity contribution in [3.8, 4) is 5.75 Å². The Morgan fingerprint density at radius 3 is 2.81 bits per heavy atom. The molecule has 1 heterocycles. The van der Waals surface area contributed by atoms with Crippen LogP contribution in [0.3, 0.4) is 0 Å². The summed E-state index contributed by atoms with van der Waals surface area (Å²) in [6.07, 6.45) is 2.23. The highest BCUT2D eigenvalue weighted by Gasteiger charge is 2.24. The van der Waals surface area contributed by atoms with E-state index >= 15 is 0 Å². The second-order valence-corrected chi connectivity index (χ2v) is 4.88. The molecule has 1 aromatic carbocycles. The molecule has 1 aliphatic heterocycles. The minimum absolute atomic E-state index is 0.197. The van der Waals surface area contributed by atoms with Crippen molar-refractivity contribution < 1.29 is 4.74 Å². The lowest BCUT2D eigenvalue weighted by Crippen LogP contribution is -2.24. The van der Waals surface area contributed by atoms with Gasteiger partial charge in [-0.3, -0.25) is 0 Å². The summed E-state index contributed by atoms with van der Waals surface area (Å²) in [6.45, 7) is 7.18. The molecule has 0 spiro atoms. The van der Waals surface area contributed by atoms with Gasteiger partial charge in [-0.1, -0.05) is 12.1 Å². The normalized spacial score (nSPS) is 21.9. The minimum Gasteiger partial charge on any atom is -0.493 e. The largest absolute Gasteiger partial charge is 0.493 e. The van der Waals surface area contributed by atoms with Crippen LogP contribution in [0.1, 0.15) is 42.4 Å². The van der Waals surface area contributed by atoms with Gasteiger partial charge in [-0.15, -0.1) is 0 Å². The summed E-state index contributed by atoms with van der Waals surface area (Å²) < 4.78 is 5.88.